The molecule has 0 bridgehead atoms. The first-order valence-corrected chi connectivity index (χ1v) is 6.03. The number of rotatable bonds is 0. The highest BCUT2D eigenvalue weighted by Crippen LogP contribution is 2.41. The molecule has 1 aromatic rings. The highest BCUT2D eigenvalue weighted by Gasteiger charge is 2.45. The van der Waals surface area contributed by atoms with E-state index in [1.165, 1.54) is 12.5 Å². The van der Waals surface area contributed by atoms with Crippen molar-refractivity contribution in [1.82, 2.24) is 0 Å². The van der Waals surface area contributed by atoms with E-state index in [1.807, 2.05) is 0 Å². The number of carbonyl (C=O) groups is 1. The molecule has 0 aromatic heterocycles. The molecule has 17 heavy (non-hydrogen) atoms. The standard InChI is InChI=1S/C13H15NO3/c15-9-4-5-11-10(8-9)14-12(16)13(17-11)6-2-1-3-7-13/h4-5,8,15H,1-3,6-7H2,(H,14,16). The molecule has 4 heteroatoms. The summed E-state index contributed by atoms with van der Waals surface area (Å²) < 4.78 is 5.90. The van der Waals surface area contributed by atoms with Crippen LogP contribution in [0.1, 0.15) is 32.1 Å². The Labute approximate surface area is 99.6 Å². The molecule has 90 valence electrons. The molecule has 1 saturated carbocycles. The number of phenols is 1. The van der Waals surface area contributed by atoms with Gasteiger partial charge < -0.3 is 15.2 Å². The summed E-state index contributed by atoms with van der Waals surface area (Å²) in [6, 6.07) is 4.80. The zero-order valence-corrected chi connectivity index (χ0v) is 9.53. The second-order valence-corrected chi connectivity index (χ2v) is 4.79. The molecule has 1 amide bonds. The van der Waals surface area contributed by atoms with Crippen molar-refractivity contribution in [2.24, 2.45) is 0 Å². The first kappa shape index (κ1) is 10.4. The summed E-state index contributed by atoms with van der Waals surface area (Å²) in [5, 5.41) is 12.2. The fraction of sp³-hybridized carbons (Fsp3) is 0.462. The Kier molecular flexibility index (Phi) is 2.24. The second kappa shape index (κ2) is 3.65. The highest BCUT2D eigenvalue weighted by atomic mass is 16.5. The Morgan fingerprint density at radius 2 is 2.00 bits per heavy atom. The Morgan fingerprint density at radius 1 is 1.24 bits per heavy atom. The fourth-order valence-corrected chi connectivity index (χ4v) is 2.65. The molecule has 1 aliphatic carbocycles. The lowest BCUT2D eigenvalue weighted by Gasteiger charge is -2.39. The smallest absolute Gasteiger partial charge is 0.268 e. The average molecular weight is 233 g/mol. The number of ether oxygens (including phenoxy) is 1. The lowest BCUT2D eigenvalue weighted by Crippen LogP contribution is -2.51. The largest absolute Gasteiger partial charge is 0.508 e. The average Bonchev–Trinajstić information content (AvgIpc) is 2.33. The van der Waals surface area contributed by atoms with Gasteiger partial charge >= 0.3 is 0 Å². The van der Waals surface area contributed by atoms with Crippen LogP contribution in [0.3, 0.4) is 0 Å². The van der Waals surface area contributed by atoms with E-state index in [-0.39, 0.29) is 11.7 Å². The van der Waals surface area contributed by atoms with Gasteiger partial charge in [-0.2, -0.15) is 0 Å². The van der Waals surface area contributed by atoms with Crippen LogP contribution in [0.15, 0.2) is 18.2 Å². The number of hydrogen-bond acceptors (Lipinski definition) is 3. The van der Waals surface area contributed by atoms with Gasteiger partial charge in [0.15, 0.2) is 5.60 Å². The van der Waals surface area contributed by atoms with Crippen molar-refractivity contribution >= 4 is 11.6 Å². The van der Waals surface area contributed by atoms with Crippen LogP contribution in [0.4, 0.5) is 5.69 Å². The SMILES string of the molecule is O=C1Nc2cc(O)ccc2OC12CCCCC2. The van der Waals surface area contributed by atoms with E-state index >= 15 is 0 Å². The van der Waals surface area contributed by atoms with Crippen LogP contribution < -0.4 is 10.1 Å². The number of amides is 1. The number of benzene rings is 1. The van der Waals surface area contributed by atoms with Crippen molar-refractivity contribution in [2.75, 3.05) is 5.32 Å². The molecule has 4 nitrogen and oxygen atoms in total. The van der Waals surface area contributed by atoms with Gasteiger partial charge in [-0.15, -0.1) is 0 Å². The van der Waals surface area contributed by atoms with Gasteiger partial charge in [-0.3, -0.25) is 4.79 Å². The number of aromatic hydroxyl groups is 1. The molecular weight excluding hydrogens is 218 g/mol. The third-order valence-corrected chi connectivity index (χ3v) is 3.59. The molecule has 2 aliphatic rings. The lowest BCUT2D eigenvalue weighted by atomic mass is 9.83. The third kappa shape index (κ3) is 1.64. The van der Waals surface area contributed by atoms with Crippen LogP contribution in [-0.2, 0) is 4.79 Å². The van der Waals surface area contributed by atoms with Crippen LogP contribution >= 0.6 is 0 Å². The summed E-state index contributed by atoms with van der Waals surface area (Å²) in [4.78, 5) is 12.1. The molecule has 1 aromatic carbocycles. The maximum absolute atomic E-state index is 12.1. The quantitative estimate of drug-likeness (QED) is 0.723. The van der Waals surface area contributed by atoms with Crippen molar-refractivity contribution in [3.63, 3.8) is 0 Å². The topological polar surface area (TPSA) is 58.6 Å². The van der Waals surface area contributed by atoms with E-state index < -0.39 is 5.60 Å². The minimum absolute atomic E-state index is 0.0738. The van der Waals surface area contributed by atoms with Gasteiger partial charge in [0, 0.05) is 6.07 Å². The molecule has 1 aliphatic heterocycles. The summed E-state index contributed by atoms with van der Waals surface area (Å²) in [5.41, 5.74) is -0.117. The number of carbonyl (C=O) groups excluding carboxylic acids is 1. The molecular formula is C13H15NO3. The van der Waals surface area contributed by atoms with E-state index in [1.54, 1.807) is 12.1 Å². The van der Waals surface area contributed by atoms with Crippen LogP contribution in [0.5, 0.6) is 11.5 Å². The molecule has 1 heterocycles. The molecule has 0 saturated heterocycles. The van der Waals surface area contributed by atoms with Gasteiger partial charge in [0.1, 0.15) is 11.5 Å². The summed E-state index contributed by atoms with van der Waals surface area (Å²) in [6.07, 6.45) is 4.78. The molecule has 2 N–H and O–H groups in total. The minimum Gasteiger partial charge on any atom is -0.508 e. The number of nitrogens with one attached hydrogen (secondary N) is 1. The van der Waals surface area contributed by atoms with Crippen molar-refractivity contribution in [3.8, 4) is 11.5 Å². The van der Waals surface area contributed by atoms with E-state index in [0.29, 0.717) is 11.4 Å². The summed E-state index contributed by atoms with van der Waals surface area (Å²) >= 11 is 0. The van der Waals surface area contributed by atoms with Crippen molar-refractivity contribution in [2.45, 2.75) is 37.7 Å². The molecule has 0 radical (unpaired) electrons. The molecule has 3 rings (SSSR count). The Bertz CT molecular complexity index is 464. The van der Waals surface area contributed by atoms with Crippen LogP contribution in [0, 0.1) is 0 Å². The normalized spacial score (nSPS) is 21.5. The first-order chi connectivity index (χ1) is 8.20. The maximum Gasteiger partial charge on any atom is 0.268 e. The van der Waals surface area contributed by atoms with Gasteiger partial charge in [0.05, 0.1) is 5.69 Å². The minimum atomic E-state index is -0.678. The first-order valence-electron chi connectivity index (χ1n) is 6.03. The number of phenolic OH excluding ortho intramolecular Hbond substituents is 1. The third-order valence-electron chi connectivity index (χ3n) is 3.59. The van der Waals surface area contributed by atoms with Crippen LogP contribution in [-0.4, -0.2) is 16.6 Å². The fourth-order valence-electron chi connectivity index (χ4n) is 2.65. The van der Waals surface area contributed by atoms with Crippen molar-refractivity contribution in [3.05, 3.63) is 18.2 Å². The van der Waals surface area contributed by atoms with E-state index in [0.717, 1.165) is 25.7 Å². The predicted molar refractivity (Wildman–Crippen MR) is 63.2 cm³/mol. The molecule has 1 spiro atoms. The van der Waals surface area contributed by atoms with Crippen LogP contribution in [0.25, 0.3) is 0 Å². The second-order valence-electron chi connectivity index (χ2n) is 4.79. The lowest BCUT2D eigenvalue weighted by molar-refractivity contribution is -0.135. The van der Waals surface area contributed by atoms with Crippen molar-refractivity contribution < 1.29 is 14.6 Å². The zero-order valence-electron chi connectivity index (χ0n) is 9.53. The summed E-state index contributed by atoms with van der Waals surface area (Å²) in [5.74, 6) is 0.715. The zero-order chi connectivity index (χ0) is 11.9. The summed E-state index contributed by atoms with van der Waals surface area (Å²) in [6.45, 7) is 0. The number of anilines is 1. The van der Waals surface area contributed by atoms with Gasteiger partial charge in [-0.1, -0.05) is 6.42 Å². The van der Waals surface area contributed by atoms with Crippen molar-refractivity contribution in [1.29, 1.82) is 0 Å². The summed E-state index contributed by atoms with van der Waals surface area (Å²) in [7, 11) is 0. The predicted octanol–water partition coefficient (Wildman–Crippen LogP) is 2.43. The van der Waals surface area contributed by atoms with E-state index in [2.05, 4.69) is 5.32 Å². The van der Waals surface area contributed by atoms with Gasteiger partial charge in [-0.25, -0.2) is 0 Å². The number of hydrogen-bond donors (Lipinski definition) is 2. The van der Waals surface area contributed by atoms with Crippen LogP contribution in [0.2, 0.25) is 0 Å². The molecule has 0 unspecified atom stereocenters. The maximum atomic E-state index is 12.1. The van der Waals surface area contributed by atoms with Gasteiger partial charge in [-0.05, 0) is 37.8 Å². The highest BCUT2D eigenvalue weighted by molar-refractivity contribution is 6.01. The van der Waals surface area contributed by atoms with Gasteiger partial charge in [0.25, 0.3) is 5.91 Å². The van der Waals surface area contributed by atoms with E-state index in [4.69, 9.17) is 4.74 Å². The molecule has 0 atom stereocenters. The Balaban J connectivity index is 1.97. The molecule has 1 fully saturated rings. The Hall–Kier alpha value is -1.71. The Morgan fingerprint density at radius 3 is 2.76 bits per heavy atom. The van der Waals surface area contributed by atoms with Gasteiger partial charge in [0.2, 0.25) is 0 Å². The monoisotopic (exact) mass is 233 g/mol. The van der Waals surface area contributed by atoms with E-state index in [9.17, 15) is 9.90 Å². The number of fused-ring (bicyclic) bond motifs is 1.